The Morgan fingerprint density at radius 1 is 1.13 bits per heavy atom. The largest absolute Gasteiger partial charge is 0.414 e. The molecule has 0 aromatic heterocycles. The Morgan fingerprint density at radius 2 is 1.84 bits per heavy atom. The summed E-state index contributed by atoms with van der Waals surface area (Å²) in [5.41, 5.74) is -0.664. The number of rotatable bonds is 2. The predicted molar refractivity (Wildman–Crippen MR) is 121 cm³/mol. The minimum atomic E-state index is -1.98. The van der Waals surface area contributed by atoms with Gasteiger partial charge in [-0.2, -0.15) is 0 Å². The zero-order valence-corrected chi connectivity index (χ0v) is 21.8. The van der Waals surface area contributed by atoms with Crippen LogP contribution in [0.3, 0.4) is 0 Å². The van der Waals surface area contributed by atoms with E-state index in [1.165, 1.54) is 0 Å². The second kappa shape index (κ2) is 6.44. The average Bonchev–Trinajstić information content (AvgIpc) is 2.72. The number of hydrogen-bond acceptors (Lipinski definition) is 5. The Kier molecular flexibility index (Phi) is 4.68. The van der Waals surface area contributed by atoms with Crippen LogP contribution in [0.25, 0.3) is 0 Å². The molecule has 2 saturated heterocycles. The molecule has 0 N–H and O–H groups in total. The van der Waals surface area contributed by atoms with E-state index in [4.69, 9.17) is 18.6 Å². The number of hydrogen-bond donors (Lipinski definition) is 0. The third-order valence-electron chi connectivity index (χ3n) is 10.2. The molecule has 4 bridgehead atoms. The molecule has 176 valence electrons. The lowest BCUT2D eigenvalue weighted by Gasteiger charge is -2.60. The van der Waals surface area contributed by atoms with Gasteiger partial charge in [0, 0.05) is 30.1 Å². The van der Waals surface area contributed by atoms with Crippen molar-refractivity contribution in [1.29, 1.82) is 0 Å². The fourth-order valence-electron chi connectivity index (χ4n) is 7.59. The van der Waals surface area contributed by atoms with Crippen LogP contribution in [0.15, 0.2) is 0 Å². The van der Waals surface area contributed by atoms with Gasteiger partial charge in [0.2, 0.25) is 0 Å². The highest BCUT2D eigenvalue weighted by molar-refractivity contribution is 6.74. The van der Waals surface area contributed by atoms with E-state index in [0.29, 0.717) is 31.1 Å². The van der Waals surface area contributed by atoms with Gasteiger partial charge in [-0.05, 0) is 57.7 Å². The predicted octanol–water partition coefficient (Wildman–Crippen LogP) is 5.23. The van der Waals surface area contributed by atoms with Gasteiger partial charge >= 0.3 is 0 Å². The molecule has 2 heterocycles. The third-order valence-corrected chi connectivity index (χ3v) is 14.7. The standard InChI is InChI=1S/C25H42O5Si/c1-21(2,3)31(7,8)29-18-14-19-23(6)11-10-20-24(19,15-27-22(4,5)28-20)30-25(23)12-9-16(26)13-17(18)25/h17-20H,9-15H2,1-8H3/t17-,18-,19+,20+,23+,24+,25-/m1/s1. The van der Waals surface area contributed by atoms with E-state index in [9.17, 15) is 4.79 Å². The highest BCUT2D eigenvalue weighted by Gasteiger charge is 2.79. The van der Waals surface area contributed by atoms with Crippen molar-refractivity contribution in [3.63, 3.8) is 0 Å². The summed E-state index contributed by atoms with van der Waals surface area (Å²) in [5, 5.41) is 0.137. The van der Waals surface area contributed by atoms with Crippen molar-refractivity contribution in [2.45, 2.75) is 127 Å². The number of Topliss-reactive ketones (excluding diaryl/α,β-unsaturated/α-hetero) is 1. The fraction of sp³-hybridized carbons (Fsp3) is 0.960. The maximum atomic E-state index is 12.7. The number of carbonyl (C=O) groups excluding carboxylic acids is 1. The molecule has 2 spiro atoms. The molecule has 7 atom stereocenters. The summed E-state index contributed by atoms with van der Waals surface area (Å²) in [5.74, 6) is 0.282. The average molecular weight is 451 g/mol. The quantitative estimate of drug-likeness (QED) is 0.540. The summed E-state index contributed by atoms with van der Waals surface area (Å²) >= 11 is 0. The smallest absolute Gasteiger partial charge is 0.192 e. The summed E-state index contributed by atoms with van der Waals surface area (Å²) in [6, 6.07) is 0. The summed E-state index contributed by atoms with van der Waals surface area (Å²) in [6.07, 6.45) is 5.23. The van der Waals surface area contributed by atoms with Gasteiger partial charge in [-0.3, -0.25) is 4.79 Å². The summed E-state index contributed by atoms with van der Waals surface area (Å²) in [6.45, 7) is 18.6. The zero-order valence-electron chi connectivity index (χ0n) is 20.8. The van der Waals surface area contributed by atoms with Crippen LogP contribution in [0.2, 0.25) is 18.1 Å². The van der Waals surface area contributed by atoms with Crippen LogP contribution in [0, 0.1) is 17.3 Å². The van der Waals surface area contributed by atoms with Gasteiger partial charge in [0.15, 0.2) is 14.1 Å². The molecule has 3 saturated carbocycles. The van der Waals surface area contributed by atoms with Crippen LogP contribution >= 0.6 is 0 Å². The third kappa shape index (κ3) is 2.90. The molecule has 5 nitrogen and oxygen atoms in total. The SMILES string of the molecule is CC1(C)OC[C@]23O[C@]45CCC(=O)C[C@@H]4[C@H](O[Si](C)(C)C(C)(C)C)C[C@H]2[C@]5(C)CC[C@@H]3O1. The Labute approximate surface area is 189 Å². The van der Waals surface area contributed by atoms with E-state index in [-0.39, 0.29) is 34.2 Å². The van der Waals surface area contributed by atoms with Gasteiger partial charge in [0.05, 0.1) is 24.4 Å². The first kappa shape index (κ1) is 22.5. The van der Waals surface area contributed by atoms with Crippen LogP contribution in [0.5, 0.6) is 0 Å². The van der Waals surface area contributed by atoms with Crippen LogP contribution in [0.4, 0.5) is 0 Å². The van der Waals surface area contributed by atoms with Gasteiger partial charge < -0.3 is 18.6 Å². The fourth-order valence-corrected chi connectivity index (χ4v) is 8.96. The van der Waals surface area contributed by atoms with Gasteiger partial charge in [0.1, 0.15) is 11.4 Å². The first-order valence-corrected chi connectivity index (χ1v) is 15.3. The van der Waals surface area contributed by atoms with Crippen LogP contribution in [-0.2, 0) is 23.4 Å². The lowest BCUT2D eigenvalue weighted by molar-refractivity contribution is -0.352. The van der Waals surface area contributed by atoms with E-state index in [0.717, 1.165) is 25.7 Å². The second-order valence-corrected chi connectivity index (χ2v) is 18.0. The number of ketones is 1. The van der Waals surface area contributed by atoms with Crippen molar-refractivity contribution in [3.05, 3.63) is 0 Å². The minimum Gasteiger partial charge on any atom is -0.414 e. The van der Waals surface area contributed by atoms with Crippen molar-refractivity contribution < 1.29 is 23.4 Å². The van der Waals surface area contributed by atoms with E-state index in [1.807, 2.05) is 13.8 Å². The monoisotopic (exact) mass is 450 g/mol. The Hall–Kier alpha value is -0.273. The molecule has 0 radical (unpaired) electrons. The molecular formula is C25H42O5Si. The molecular weight excluding hydrogens is 408 g/mol. The van der Waals surface area contributed by atoms with Gasteiger partial charge in [-0.15, -0.1) is 0 Å². The Morgan fingerprint density at radius 3 is 2.52 bits per heavy atom. The summed E-state index contributed by atoms with van der Waals surface area (Å²) in [4.78, 5) is 12.7. The van der Waals surface area contributed by atoms with Crippen molar-refractivity contribution in [1.82, 2.24) is 0 Å². The van der Waals surface area contributed by atoms with Crippen LogP contribution in [0.1, 0.15) is 80.1 Å². The second-order valence-electron chi connectivity index (χ2n) is 13.3. The first-order valence-electron chi connectivity index (χ1n) is 12.4. The minimum absolute atomic E-state index is 0.0519. The highest BCUT2D eigenvalue weighted by atomic mass is 28.4. The molecule has 5 rings (SSSR count). The van der Waals surface area contributed by atoms with E-state index >= 15 is 0 Å². The zero-order chi connectivity index (χ0) is 22.7. The lowest BCUT2D eigenvalue weighted by Crippen LogP contribution is -2.66. The summed E-state index contributed by atoms with van der Waals surface area (Å²) < 4.78 is 27.1. The molecule has 5 fully saturated rings. The van der Waals surface area contributed by atoms with E-state index in [2.05, 4.69) is 40.8 Å². The Balaban J connectivity index is 1.57. The Bertz CT molecular complexity index is 787. The van der Waals surface area contributed by atoms with Gasteiger partial charge in [-0.25, -0.2) is 0 Å². The topological polar surface area (TPSA) is 54.0 Å². The van der Waals surface area contributed by atoms with Gasteiger partial charge in [-0.1, -0.05) is 27.7 Å². The molecule has 31 heavy (non-hydrogen) atoms. The maximum absolute atomic E-state index is 12.7. The lowest BCUT2D eigenvalue weighted by atomic mass is 9.46. The van der Waals surface area contributed by atoms with E-state index in [1.54, 1.807) is 0 Å². The maximum Gasteiger partial charge on any atom is 0.192 e. The normalized spacial score (nSPS) is 48.8. The van der Waals surface area contributed by atoms with Crippen LogP contribution < -0.4 is 0 Å². The number of carbonyl (C=O) groups is 1. The molecule has 0 amide bonds. The van der Waals surface area contributed by atoms with Crippen molar-refractivity contribution in [2.24, 2.45) is 17.3 Å². The molecule has 5 aliphatic rings. The van der Waals surface area contributed by atoms with Crippen molar-refractivity contribution in [3.8, 4) is 0 Å². The molecule has 0 aromatic rings. The van der Waals surface area contributed by atoms with Crippen molar-refractivity contribution in [2.75, 3.05) is 6.61 Å². The molecule has 0 unspecified atom stereocenters. The molecule has 3 aliphatic carbocycles. The van der Waals surface area contributed by atoms with Crippen LogP contribution in [-0.4, -0.2) is 49.9 Å². The van der Waals surface area contributed by atoms with Crippen molar-refractivity contribution >= 4 is 14.1 Å². The summed E-state index contributed by atoms with van der Waals surface area (Å²) in [7, 11) is -1.98. The molecule has 6 heteroatoms. The first-order chi connectivity index (χ1) is 14.2. The van der Waals surface area contributed by atoms with Gasteiger partial charge in [0.25, 0.3) is 0 Å². The highest BCUT2D eigenvalue weighted by Crippen LogP contribution is 2.73. The molecule has 0 aromatic carbocycles. The number of ether oxygens (including phenoxy) is 3. The molecule has 2 aliphatic heterocycles. The van der Waals surface area contributed by atoms with E-state index < -0.39 is 19.7 Å².